The Bertz CT molecular complexity index is 1110. The fourth-order valence-electron chi connectivity index (χ4n) is 3.00. The Morgan fingerprint density at radius 2 is 1.58 bits per heavy atom. The van der Waals surface area contributed by atoms with E-state index in [0.29, 0.717) is 21.7 Å². The molecule has 3 aromatic rings. The first-order chi connectivity index (χ1) is 12.5. The van der Waals surface area contributed by atoms with Crippen molar-refractivity contribution >= 4 is 45.9 Å². The van der Waals surface area contributed by atoms with Crippen LogP contribution in [0.1, 0.15) is 20.7 Å². The second-order valence-electron chi connectivity index (χ2n) is 5.83. The Morgan fingerprint density at radius 3 is 2.23 bits per heavy atom. The molecule has 0 N–H and O–H groups in total. The van der Waals surface area contributed by atoms with Crippen LogP contribution in [-0.2, 0) is 6.54 Å². The van der Waals surface area contributed by atoms with Crippen LogP contribution in [-0.4, -0.2) is 32.8 Å². The summed E-state index contributed by atoms with van der Waals surface area (Å²) >= 11 is 12.0. The fraction of sp³-hybridized carbons (Fsp3) is 0.111. The van der Waals surface area contributed by atoms with E-state index in [-0.39, 0.29) is 40.9 Å². The highest BCUT2D eigenvalue weighted by Gasteiger charge is 2.34. The third-order valence-electron chi connectivity index (χ3n) is 4.29. The Labute approximate surface area is 157 Å². The van der Waals surface area contributed by atoms with E-state index in [4.69, 9.17) is 23.2 Å². The average Bonchev–Trinajstić information content (AvgIpc) is 2.86. The minimum atomic E-state index is -0.363. The molecule has 130 valence electrons. The number of hydrogen-bond acceptors (Lipinski definition) is 4. The summed E-state index contributed by atoms with van der Waals surface area (Å²) in [5, 5.41) is 0.906. The number of benzene rings is 2. The molecule has 26 heavy (non-hydrogen) atoms. The second kappa shape index (κ2) is 6.23. The van der Waals surface area contributed by atoms with Gasteiger partial charge in [-0.15, -0.1) is 0 Å². The molecule has 2 aromatic carbocycles. The lowest BCUT2D eigenvalue weighted by molar-refractivity contribution is 0.0648. The van der Waals surface area contributed by atoms with Crippen LogP contribution < -0.4 is 5.56 Å². The van der Waals surface area contributed by atoms with Crippen molar-refractivity contribution < 1.29 is 9.59 Å². The summed E-state index contributed by atoms with van der Waals surface area (Å²) in [4.78, 5) is 42.7. The molecule has 0 radical (unpaired) electrons. The first-order valence-electron chi connectivity index (χ1n) is 7.77. The summed E-state index contributed by atoms with van der Waals surface area (Å²) in [5.41, 5.74) is 0.772. The number of halogens is 2. The standard InChI is InChI=1S/C18H11Cl2N3O3/c19-10-7-13-15(14(20)8-10)21-9-22(16(13)24)5-6-23-17(25)11-3-1-2-4-12(11)18(23)26/h1-4,7-9H,5-6H2. The maximum Gasteiger partial charge on any atom is 0.261 e. The highest BCUT2D eigenvalue weighted by molar-refractivity contribution is 6.38. The van der Waals surface area contributed by atoms with Gasteiger partial charge in [0.25, 0.3) is 17.4 Å². The van der Waals surface area contributed by atoms with Crippen LogP contribution in [0.5, 0.6) is 0 Å². The average molecular weight is 388 g/mol. The topological polar surface area (TPSA) is 72.3 Å². The van der Waals surface area contributed by atoms with Crippen molar-refractivity contribution in [2.45, 2.75) is 6.54 Å². The van der Waals surface area contributed by atoms with Gasteiger partial charge in [0.2, 0.25) is 0 Å². The molecule has 0 spiro atoms. The van der Waals surface area contributed by atoms with Gasteiger partial charge < -0.3 is 0 Å². The maximum absolute atomic E-state index is 12.6. The van der Waals surface area contributed by atoms with E-state index in [1.165, 1.54) is 23.0 Å². The summed E-state index contributed by atoms with van der Waals surface area (Å²) in [6.07, 6.45) is 1.35. The van der Waals surface area contributed by atoms with Gasteiger partial charge in [0.1, 0.15) is 0 Å². The molecule has 0 fully saturated rings. The summed E-state index contributed by atoms with van der Waals surface area (Å²) in [7, 11) is 0. The van der Waals surface area contributed by atoms with Crippen LogP contribution in [0.25, 0.3) is 10.9 Å². The molecule has 1 aliphatic rings. The van der Waals surface area contributed by atoms with Crippen molar-refractivity contribution in [3.63, 3.8) is 0 Å². The second-order valence-corrected chi connectivity index (χ2v) is 6.68. The third kappa shape index (κ3) is 2.58. The number of imide groups is 1. The van der Waals surface area contributed by atoms with Gasteiger partial charge in [-0.05, 0) is 24.3 Å². The Morgan fingerprint density at radius 1 is 0.923 bits per heavy atom. The molecule has 4 rings (SSSR count). The zero-order chi connectivity index (χ0) is 18.4. The van der Waals surface area contributed by atoms with E-state index in [1.807, 2.05) is 0 Å². The first-order valence-corrected chi connectivity index (χ1v) is 8.52. The predicted molar refractivity (Wildman–Crippen MR) is 97.8 cm³/mol. The maximum atomic E-state index is 12.6. The number of nitrogens with zero attached hydrogens (tertiary/aromatic N) is 3. The van der Waals surface area contributed by atoms with Crippen LogP contribution in [0.2, 0.25) is 10.0 Å². The van der Waals surface area contributed by atoms with E-state index in [2.05, 4.69) is 4.98 Å². The molecule has 0 bridgehead atoms. The van der Waals surface area contributed by atoms with Crippen molar-refractivity contribution in [2.75, 3.05) is 6.54 Å². The molecule has 0 aliphatic carbocycles. The molecule has 6 nitrogen and oxygen atoms in total. The summed E-state index contributed by atoms with van der Waals surface area (Å²) in [5.74, 6) is -0.725. The van der Waals surface area contributed by atoms with Crippen LogP contribution in [0.15, 0.2) is 47.5 Å². The molecule has 0 saturated heterocycles. The molecule has 0 saturated carbocycles. The van der Waals surface area contributed by atoms with E-state index in [9.17, 15) is 14.4 Å². The van der Waals surface area contributed by atoms with Crippen LogP contribution in [0.3, 0.4) is 0 Å². The van der Waals surface area contributed by atoms with Crippen LogP contribution in [0, 0.1) is 0 Å². The summed E-state index contributed by atoms with van der Waals surface area (Å²) in [6.45, 7) is 0.186. The van der Waals surface area contributed by atoms with Gasteiger partial charge in [0, 0.05) is 18.1 Å². The predicted octanol–water partition coefficient (Wildman–Crippen LogP) is 3.00. The Balaban J connectivity index is 1.64. The molecule has 8 heteroatoms. The number of rotatable bonds is 3. The molecule has 0 unspecified atom stereocenters. The Hall–Kier alpha value is -2.70. The van der Waals surface area contributed by atoms with E-state index < -0.39 is 0 Å². The lowest BCUT2D eigenvalue weighted by Gasteiger charge is -2.15. The van der Waals surface area contributed by atoms with Crippen molar-refractivity contribution in [1.29, 1.82) is 0 Å². The minimum absolute atomic E-state index is 0.0632. The molecule has 1 aromatic heterocycles. The highest BCUT2D eigenvalue weighted by atomic mass is 35.5. The number of carbonyl (C=O) groups is 2. The monoisotopic (exact) mass is 387 g/mol. The smallest absolute Gasteiger partial charge is 0.261 e. The highest BCUT2D eigenvalue weighted by Crippen LogP contribution is 2.24. The molecule has 0 atom stereocenters. The van der Waals surface area contributed by atoms with E-state index in [1.54, 1.807) is 24.3 Å². The van der Waals surface area contributed by atoms with Crippen molar-refractivity contribution in [3.05, 3.63) is 74.3 Å². The van der Waals surface area contributed by atoms with Gasteiger partial charge >= 0.3 is 0 Å². The van der Waals surface area contributed by atoms with Crippen molar-refractivity contribution in [1.82, 2.24) is 14.5 Å². The molecule has 2 heterocycles. The molecular weight excluding hydrogens is 377 g/mol. The van der Waals surface area contributed by atoms with Gasteiger partial charge in [0.05, 0.1) is 33.4 Å². The lowest BCUT2D eigenvalue weighted by Crippen LogP contribution is -2.35. The number of hydrogen-bond donors (Lipinski definition) is 0. The number of fused-ring (bicyclic) bond motifs is 2. The SMILES string of the molecule is O=C1c2ccccc2C(=O)N1CCn1cnc2c(Cl)cc(Cl)cc2c1=O. The van der Waals surface area contributed by atoms with E-state index >= 15 is 0 Å². The van der Waals surface area contributed by atoms with Gasteiger partial charge in [-0.25, -0.2) is 4.98 Å². The third-order valence-corrected chi connectivity index (χ3v) is 4.79. The number of carbonyl (C=O) groups excluding carboxylic acids is 2. The lowest BCUT2D eigenvalue weighted by atomic mass is 10.1. The zero-order valence-electron chi connectivity index (χ0n) is 13.3. The first kappa shape index (κ1) is 16.8. The van der Waals surface area contributed by atoms with Crippen LogP contribution in [0.4, 0.5) is 0 Å². The van der Waals surface area contributed by atoms with Crippen molar-refractivity contribution in [2.24, 2.45) is 0 Å². The quantitative estimate of drug-likeness (QED) is 0.647. The molecular formula is C18H11Cl2N3O3. The zero-order valence-corrected chi connectivity index (χ0v) is 14.8. The molecule has 1 aliphatic heterocycles. The van der Waals surface area contributed by atoms with Crippen molar-refractivity contribution in [3.8, 4) is 0 Å². The van der Waals surface area contributed by atoms with Gasteiger partial charge in [0.15, 0.2) is 0 Å². The van der Waals surface area contributed by atoms with Gasteiger partial charge in [-0.1, -0.05) is 35.3 Å². The molecule has 2 amide bonds. The largest absolute Gasteiger partial charge is 0.297 e. The van der Waals surface area contributed by atoms with E-state index in [0.717, 1.165) is 4.90 Å². The van der Waals surface area contributed by atoms with Gasteiger partial charge in [-0.3, -0.25) is 23.9 Å². The normalized spacial score (nSPS) is 13.5. The number of amides is 2. The Kier molecular flexibility index (Phi) is 4.01. The van der Waals surface area contributed by atoms with Crippen LogP contribution >= 0.6 is 23.2 Å². The summed E-state index contributed by atoms with van der Waals surface area (Å²) < 4.78 is 1.33. The summed E-state index contributed by atoms with van der Waals surface area (Å²) in [6, 6.07) is 9.65. The fourth-order valence-corrected chi connectivity index (χ4v) is 3.55. The number of aromatic nitrogens is 2. The van der Waals surface area contributed by atoms with Gasteiger partial charge in [-0.2, -0.15) is 0 Å². The minimum Gasteiger partial charge on any atom is -0.297 e.